The summed E-state index contributed by atoms with van der Waals surface area (Å²) in [6.45, 7) is 5.36. The third-order valence-corrected chi connectivity index (χ3v) is 6.50. The second-order valence-electron chi connectivity index (χ2n) is 7.97. The van der Waals surface area contributed by atoms with Gasteiger partial charge in [0.05, 0.1) is 21.1 Å². The second-order valence-corrected chi connectivity index (χ2v) is 8.79. The van der Waals surface area contributed by atoms with Crippen LogP contribution in [0.25, 0.3) is 11.0 Å². The van der Waals surface area contributed by atoms with Gasteiger partial charge >= 0.3 is 0 Å². The van der Waals surface area contributed by atoms with Gasteiger partial charge in [0.15, 0.2) is 0 Å². The molecule has 0 unspecified atom stereocenters. The minimum Gasteiger partial charge on any atom is -0.330 e. The fourth-order valence-corrected chi connectivity index (χ4v) is 4.42. The van der Waals surface area contributed by atoms with Crippen molar-refractivity contribution in [2.45, 2.75) is 38.3 Å². The molecule has 2 heterocycles. The molecule has 4 N–H and O–H groups in total. The second kappa shape index (κ2) is 10.1. The molecule has 0 spiro atoms. The van der Waals surface area contributed by atoms with Crippen molar-refractivity contribution in [3.05, 3.63) is 63.4 Å². The maximum absolute atomic E-state index is 6.35. The Hall–Kier alpha value is -1.63. The highest BCUT2D eigenvalue weighted by Gasteiger charge is 2.23. The quantitative estimate of drug-likeness (QED) is 0.452. The molecule has 0 radical (unpaired) electrons. The molecule has 0 amide bonds. The summed E-state index contributed by atoms with van der Waals surface area (Å²) in [7, 11) is 0. The molecule has 0 bridgehead atoms. The van der Waals surface area contributed by atoms with Gasteiger partial charge in [-0.3, -0.25) is 0 Å². The monoisotopic (exact) mass is 445 g/mol. The average molecular weight is 446 g/mol. The molecular weight excluding hydrogens is 417 g/mol. The van der Waals surface area contributed by atoms with Gasteiger partial charge in [-0.05, 0) is 68.7 Å². The number of hydrogen-bond donors (Lipinski definition) is 3. The van der Waals surface area contributed by atoms with Crippen LogP contribution < -0.4 is 16.4 Å². The van der Waals surface area contributed by atoms with Gasteiger partial charge in [0.2, 0.25) is 0 Å². The molecule has 7 heteroatoms. The molecule has 1 fully saturated rings. The van der Waals surface area contributed by atoms with E-state index in [2.05, 4.69) is 39.5 Å². The Morgan fingerprint density at radius 2 is 1.77 bits per heavy atom. The lowest BCUT2D eigenvalue weighted by atomic mass is 9.97. The lowest BCUT2D eigenvalue weighted by Crippen LogP contribution is -2.28. The zero-order valence-corrected chi connectivity index (χ0v) is 18.6. The van der Waals surface area contributed by atoms with E-state index >= 15 is 0 Å². The molecule has 5 nitrogen and oxygen atoms in total. The smallest absolute Gasteiger partial charge is 0.113 e. The van der Waals surface area contributed by atoms with Crippen LogP contribution in [0.4, 0.5) is 0 Å². The fraction of sp³-hybridized carbons (Fsp3) is 0.435. The molecule has 3 aromatic rings. The van der Waals surface area contributed by atoms with E-state index in [9.17, 15) is 0 Å². The summed E-state index contributed by atoms with van der Waals surface area (Å²) < 4.78 is 2.32. The van der Waals surface area contributed by atoms with Crippen LogP contribution in [0.5, 0.6) is 0 Å². The number of aromatic nitrogens is 2. The van der Waals surface area contributed by atoms with E-state index < -0.39 is 0 Å². The van der Waals surface area contributed by atoms with Gasteiger partial charge < -0.3 is 20.9 Å². The Bertz CT molecular complexity index is 977. The van der Waals surface area contributed by atoms with Crippen LogP contribution in [0.3, 0.4) is 0 Å². The van der Waals surface area contributed by atoms with Crippen LogP contribution in [0.15, 0.2) is 36.4 Å². The lowest BCUT2D eigenvalue weighted by molar-refractivity contribution is 0.435. The highest BCUT2D eigenvalue weighted by atomic mass is 35.5. The molecule has 1 aliphatic rings. The number of fused-ring (bicyclic) bond motifs is 1. The molecule has 4 rings (SSSR count). The molecule has 2 aromatic carbocycles. The van der Waals surface area contributed by atoms with Crippen molar-refractivity contribution in [2.24, 2.45) is 5.73 Å². The average Bonchev–Trinajstić information content (AvgIpc) is 3.10. The summed E-state index contributed by atoms with van der Waals surface area (Å²) in [5, 5.41) is 7.99. The number of rotatable bonds is 8. The first-order valence-corrected chi connectivity index (χ1v) is 11.5. The first-order valence-electron chi connectivity index (χ1n) is 10.7. The Morgan fingerprint density at radius 3 is 2.50 bits per heavy atom. The summed E-state index contributed by atoms with van der Waals surface area (Å²) in [5.41, 5.74) is 10.0. The maximum atomic E-state index is 6.35. The normalized spacial score (nSPS) is 15.2. The van der Waals surface area contributed by atoms with Crippen molar-refractivity contribution >= 4 is 34.2 Å². The van der Waals surface area contributed by atoms with E-state index in [4.69, 9.17) is 33.9 Å². The number of benzene rings is 2. The van der Waals surface area contributed by atoms with E-state index in [1.807, 2.05) is 12.1 Å². The number of hydrogen-bond acceptors (Lipinski definition) is 4. The summed E-state index contributed by atoms with van der Waals surface area (Å²) in [6, 6.07) is 12.6. The van der Waals surface area contributed by atoms with Crippen LogP contribution in [-0.4, -0.2) is 35.7 Å². The van der Waals surface area contributed by atoms with E-state index in [0.29, 0.717) is 16.0 Å². The van der Waals surface area contributed by atoms with Crippen molar-refractivity contribution in [1.82, 2.24) is 20.2 Å². The third-order valence-electron chi connectivity index (χ3n) is 5.77. The standard InChI is InChI=1S/C23H29Cl2N5/c24-19-12-21-22(13-20(19)25)30(23(29-21)18-6-10-27-11-7-18)15-17-4-2-16(3-5-17)14-28-9-1-8-26/h2-5,12-13,18,27-28H,1,6-11,14-15,26H2. The number of halogens is 2. The minimum atomic E-state index is 0.446. The van der Waals surface area contributed by atoms with Gasteiger partial charge in [-0.25, -0.2) is 4.98 Å². The summed E-state index contributed by atoms with van der Waals surface area (Å²) in [6.07, 6.45) is 3.19. The van der Waals surface area contributed by atoms with Crippen molar-refractivity contribution in [1.29, 1.82) is 0 Å². The molecule has 0 atom stereocenters. The van der Waals surface area contributed by atoms with Gasteiger partial charge in [-0.15, -0.1) is 0 Å². The van der Waals surface area contributed by atoms with Crippen molar-refractivity contribution in [3.63, 3.8) is 0 Å². The highest BCUT2D eigenvalue weighted by molar-refractivity contribution is 6.42. The summed E-state index contributed by atoms with van der Waals surface area (Å²) in [5.74, 6) is 1.58. The van der Waals surface area contributed by atoms with Crippen LogP contribution >= 0.6 is 23.2 Å². The van der Waals surface area contributed by atoms with E-state index in [1.54, 1.807) is 0 Å². The lowest BCUT2D eigenvalue weighted by Gasteiger charge is -2.23. The molecule has 1 aliphatic heterocycles. The molecular formula is C23H29Cl2N5. The number of nitrogens with one attached hydrogen (secondary N) is 2. The fourth-order valence-electron chi connectivity index (χ4n) is 4.10. The molecule has 1 saturated heterocycles. The SMILES string of the molecule is NCCCNCc1ccc(Cn2c(C3CCNCC3)nc3cc(Cl)c(Cl)cc32)cc1. The van der Waals surface area contributed by atoms with E-state index in [1.165, 1.54) is 11.1 Å². The van der Waals surface area contributed by atoms with Crippen LogP contribution in [0, 0.1) is 0 Å². The number of piperidine rings is 1. The molecule has 0 saturated carbocycles. The number of imidazole rings is 1. The Morgan fingerprint density at radius 1 is 1.07 bits per heavy atom. The van der Waals surface area contributed by atoms with Gasteiger partial charge in [0.1, 0.15) is 5.82 Å². The topological polar surface area (TPSA) is 67.9 Å². The van der Waals surface area contributed by atoms with Gasteiger partial charge in [0.25, 0.3) is 0 Å². The summed E-state index contributed by atoms with van der Waals surface area (Å²) in [4.78, 5) is 4.98. The highest BCUT2D eigenvalue weighted by Crippen LogP contribution is 2.33. The van der Waals surface area contributed by atoms with Crippen LogP contribution in [0.2, 0.25) is 10.0 Å². The molecule has 0 aliphatic carbocycles. The predicted molar refractivity (Wildman–Crippen MR) is 126 cm³/mol. The minimum absolute atomic E-state index is 0.446. The largest absolute Gasteiger partial charge is 0.330 e. The van der Waals surface area contributed by atoms with Gasteiger partial charge in [-0.1, -0.05) is 47.5 Å². The molecule has 160 valence electrons. The van der Waals surface area contributed by atoms with E-state index in [-0.39, 0.29) is 0 Å². The Kier molecular flexibility index (Phi) is 7.28. The van der Waals surface area contributed by atoms with Crippen molar-refractivity contribution in [2.75, 3.05) is 26.2 Å². The zero-order chi connectivity index (χ0) is 20.9. The third kappa shape index (κ3) is 4.98. The van der Waals surface area contributed by atoms with Gasteiger partial charge in [0, 0.05) is 19.0 Å². The number of nitrogens with zero attached hydrogens (tertiary/aromatic N) is 2. The first kappa shape index (κ1) is 21.6. The first-order chi connectivity index (χ1) is 14.7. The molecule has 1 aromatic heterocycles. The van der Waals surface area contributed by atoms with Crippen LogP contribution in [0.1, 0.15) is 42.1 Å². The van der Waals surface area contributed by atoms with Crippen molar-refractivity contribution < 1.29 is 0 Å². The molecule has 30 heavy (non-hydrogen) atoms. The van der Waals surface area contributed by atoms with Crippen molar-refractivity contribution in [3.8, 4) is 0 Å². The van der Waals surface area contributed by atoms with Gasteiger partial charge in [-0.2, -0.15) is 0 Å². The Labute approximate surface area is 187 Å². The zero-order valence-electron chi connectivity index (χ0n) is 17.1. The number of nitrogens with two attached hydrogens (primary N) is 1. The predicted octanol–water partition coefficient (Wildman–Crippen LogP) is 4.30. The maximum Gasteiger partial charge on any atom is 0.113 e. The van der Waals surface area contributed by atoms with E-state index in [0.717, 1.165) is 75.4 Å². The summed E-state index contributed by atoms with van der Waals surface area (Å²) >= 11 is 12.6. The van der Waals surface area contributed by atoms with Crippen LogP contribution in [-0.2, 0) is 13.1 Å². The Balaban J connectivity index is 1.59.